The van der Waals surface area contributed by atoms with Crippen LogP contribution in [0.5, 0.6) is 0 Å². The highest BCUT2D eigenvalue weighted by molar-refractivity contribution is 6.31. The number of carbonyl (C=O) groups is 1. The second-order valence-corrected chi connectivity index (χ2v) is 7.17. The minimum absolute atomic E-state index is 0.267. The van der Waals surface area contributed by atoms with Gasteiger partial charge in [0, 0.05) is 26.2 Å². The average molecular weight is 341 g/mol. The van der Waals surface area contributed by atoms with Gasteiger partial charge in [-0.1, -0.05) is 11.6 Å². The molecule has 2 rings (SSSR count). The monoisotopic (exact) mass is 340 g/mol. The Morgan fingerprint density at radius 3 is 2.39 bits per heavy atom. The van der Waals surface area contributed by atoms with Crippen molar-refractivity contribution in [1.82, 2.24) is 14.9 Å². The summed E-state index contributed by atoms with van der Waals surface area (Å²) >= 11 is 6.25. The van der Waals surface area contributed by atoms with Crippen LogP contribution in [0.3, 0.4) is 0 Å². The zero-order valence-electron chi connectivity index (χ0n) is 14.5. The first-order valence-electron chi connectivity index (χ1n) is 7.91. The van der Waals surface area contributed by atoms with E-state index < -0.39 is 5.60 Å². The second-order valence-electron chi connectivity index (χ2n) is 6.82. The van der Waals surface area contributed by atoms with Crippen molar-refractivity contribution in [3.63, 3.8) is 0 Å². The molecular formula is C16H25ClN4O2. The van der Waals surface area contributed by atoms with Gasteiger partial charge in [-0.3, -0.25) is 0 Å². The summed E-state index contributed by atoms with van der Waals surface area (Å²) in [5.74, 6) is 0.695. The number of anilines is 1. The minimum atomic E-state index is -0.480. The number of rotatable bonds is 1. The first-order valence-corrected chi connectivity index (χ1v) is 8.29. The third-order valence-electron chi connectivity index (χ3n) is 3.69. The molecule has 0 unspecified atom stereocenters. The number of hydrogen-bond acceptors (Lipinski definition) is 5. The Hall–Kier alpha value is -1.56. The lowest BCUT2D eigenvalue weighted by Crippen LogP contribution is -2.39. The molecule has 1 aliphatic rings. The quantitative estimate of drug-likeness (QED) is 0.785. The normalized spacial score (nSPS) is 16.3. The fraction of sp³-hybridized carbons (Fsp3) is 0.688. The second kappa shape index (κ2) is 6.91. The van der Waals surface area contributed by atoms with Crippen LogP contribution in [0.25, 0.3) is 0 Å². The summed E-state index contributed by atoms with van der Waals surface area (Å²) < 4.78 is 5.45. The molecule has 1 aromatic rings. The molecule has 2 heterocycles. The predicted molar refractivity (Wildman–Crippen MR) is 91.2 cm³/mol. The first kappa shape index (κ1) is 17.8. The van der Waals surface area contributed by atoms with Gasteiger partial charge in [0.15, 0.2) is 11.0 Å². The van der Waals surface area contributed by atoms with Crippen LogP contribution >= 0.6 is 11.6 Å². The maximum Gasteiger partial charge on any atom is 0.410 e. The van der Waals surface area contributed by atoms with E-state index >= 15 is 0 Å². The van der Waals surface area contributed by atoms with Gasteiger partial charge in [-0.25, -0.2) is 14.8 Å². The van der Waals surface area contributed by atoms with Crippen molar-refractivity contribution in [3.8, 4) is 0 Å². The maximum absolute atomic E-state index is 12.2. The third kappa shape index (κ3) is 4.70. The summed E-state index contributed by atoms with van der Waals surface area (Å²) in [5.41, 5.74) is 1.23. The summed E-state index contributed by atoms with van der Waals surface area (Å²) in [6.45, 7) is 12.1. The molecule has 0 aromatic carbocycles. The Balaban J connectivity index is 2.07. The Bertz CT molecular complexity index is 586. The van der Waals surface area contributed by atoms with E-state index in [9.17, 15) is 4.79 Å². The van der Waals surface area contributed by atoms with Crippen LogP contribution in [0, 0.1) is 13.8 Å². The van der Waals surface area contributed by atoms with Gasteiger partial charge in [0.05, 0.1) is 11.4 Å². The molecule has 1 saturated heterocycles. The SMILES string of the molecule is Cc1nc(Cl)c(N2CCCN(C(=O)OC(C)(C)C)CC2)nc1C. The van der Waals surface area contributed by atoms with Crippen molar-refractivity contribution in [2.45, 2.75) is 46.6 Å². The molecule has 6 nitrogen and oxygen atoms in total. The van der Waals surface area contributed by atoms with E-state index in [0.717, 1.165) is 24.4 Å². The lowest BCUT2D eigenvalue weighted by atomic mass is 10.2. The van der Waals surface area contributed by atoms with E-state index in [2.05, 4.69) is 14.9 Å². The highest BCUT2D eigenvalue weighted by atomic mass is 35.5. The molecule has 128 valence electrons. The molecule has 7 heteroatoms. The number of amides is 1. The summed E-state index contributed by atoms with van der Waals surface area (Å²) in [5, 5.41) is 0.416. The summed E-state index contributed by atoms with van der Waals surface area (Å²) in [6.07, 6.45) is 0.570. The van der Waals surface area contributed by atoms with E-state index in [1.807, 2.05) is 34.6 Å². The van der Waals surface area contributed by atoms with Crippen LogP contribution in [-0.4, -0.2) is 52.7 Å². The van der Waals surface area contributed by atoms with E-state index in [-0.39, 0.29) is 6.09 Å². The summed E-state index contributed by atoms with van der Waals surface area (Å²) in [6, 6.07) is 0. The fourth-order valence-corrected chi connectivity index (χ4v) is 2.69. The third-order valence-corrected chi connectivity index (χ3v) is 3.95. The summed E-state index contributed by atoms with van der Waals surface area (Å²) in [7, 11) is 0. The van der Waals surface area contributed by atoms with E-state index in [1.54, 1.807) is 4.90 Å². The van der Waals surface area contributed by atoms with E-state index in [0.29, 0.717) is 30.6 Å². The lowest BCUT2D eigenvalue weighted by Gasteiger charge is -2.26. The van der Waals surface area contributed by atoms with Crippen molar-refractivity contribution in [2.75, 3.05) is 31.1 Å². The highest BCUT2D eigenvalue weighted by Crippen LogP contribution is 2.24. The van der Waals surface area contributed by atoms with Crippen LogP contribution in [-0.2, 0) is 4.74 Å². The topological polar surface area (TPSA) is 58.6 Å². The Morgan fingerprint density at radius 1 is 1.09 bits per heavy atom. The van der Waals surface area contributed by atoms with Crippen LogP contribution in [0.4, 0.5) is 10.6 Å². The zero-order valence-corrected chi connectivity index (χ0v) is 15.3. The van der Waals surface area contributed by atoms with E-state index in [1.165, 1.54) is 0 Å². The molecule has 1 aromatic heterocycles. The number of nitrogens with zero attached hydrogens (tertiary/aromatic N) is 4. The molecule has 1 amide bonds. The number of aromatic nitrogens is 2. The standard InChI is InChI=1S/C16H25ClN4O2/c1-11-12(2)19-14(13(17)18-11)20-7-6-8-21(10-9-20)15(22)23-16(3,4)5/h6-10H2,1-5H3. The molecule has 0 atom stereocenters. The average Bonchev–Trinajstić information content (AvgIpc) is 2.67. The van der Waals surface area contributed by atoms with Crippen molar-refractivity contribution in [1.29, 1.82) is 0 Å². The van der Waals surface area contributed by atoms with Crippen LogP contribution in [0.15, 0.2) is 0 Å². The minimum Gasteiger partial charge on any atom is -0.444 e. The molecule has 1 fully saturated rings. The van der Waals surface area contributed by atoms with E-state index in [4.69, 9.17) is 16.3 Å². The lowest BCUT2D eigenvalue weighted by molar-refractivity contribution is 0.0263. The number of ether oxygens (including phenoxy) is 1. The molecule has 0 N–H and O–H groups in total. The van der Waals surface area contributed by atoms with Gasteiger partial charge >= 0.3 is 6.09 Å². The van der Waals surface area contributed by atoms with Gasteiger partial charge in [0.1, 0.15) is 5.60 Å². The number of hydrogen-bond donors (Lipinski definition) is 0. The van der Waals surface area contributed by atoms with Gasteiger partial charge in [-0.05, 0) is 41.0 Å². The molecule has 0 radical (unpaired) electrons. The van der Waals surface area contributed by atoms with Gasteiger partial charge in [-0.15, -0.1) is 0 Å². The molecule has 0 bridgehead atoms. The molecular weight excluding hydrogens is 316 g/mol. The van der Waals surface area contributed by atoms with Crippen LogP contribution in [0.2, 0.25) is 5.15 Å². The van der Waals surface area contributed by atoms with Gasteiger partial charge in [-0.2, -0.15) is 0 Å². The van der Waals surface area contributed by atoms with Crippen molar-refractivity contribution < 1.29 is 9.53 Å². The maximum atomic E-state index is 12.2. The van der Waals surface area contributed by atoms with Crippen LogP contribution < -0.4 is 4.90 Å². The molecule has 0 spiro atoms. The van der Waals surface area contributed by atoms with Gasteiger partial charge < -0.3 is 14.5 Å². The summed E-state index contributed by atoms with van der Waals surface area (Å²) in [4.78, 5) is 24.9. The molecule has 0 saturated carbocycles. The first-order chi connectivity index (χ1) is 10.7. The number of aryl methyl sites for hydroxylation is 2. The smallest absolute Gasteiger partial charge is 0.410 e. The largest absolute Gasteiger partial charge is 0.444 e. The van der Waals surface area contributed by atoms with Gasteiger partial charge in [0.2, 0.25) is 0 Å². The van der Waals surface area contributed by atoms with Crippen molar-refractivity contribution >= 4 is 23.5 Å². The predicted octanol–water partition coefficient (Wildman–Crippen LogP) is 3.19. The number of carbonyl (C=O) groups excluding carboxylic acids is 1. The molecule has 0 aliphatic carbocycles. The Morgan fingerprint density at radius 2 is 1.74 bits per heavy atom. The Kier molecular flexibility index (Phi) is 5.34. The molecule has 1 aliphatic heterocycles. The molecule has 23 heavy (non-hydrogen) atoms. The highest BCUT2D eigenvalue weighted by Gasteiger charge is 2.25. The fourth-order valence-electron chi connectivity index (χ4n) is 2.40. The zero-order chi connectivity index (χ0) is 17.2. The van der Waals surface area contributed by atoms with Gasteiger partial charge in [0.25, 0.3) is 0 Å². The van der Waals surface area contributed by atoms with Crippen LogP contribution in [0.1, 0.15) is 38.6 Å². The number of halogens is 1. The Labute approximate surface area is 142 Å². The van der Waals surface area contributed by atoms with Crippen molar-refractivity contribution in [2.24, 2.45) is 0 Å². The van der Waals surface area contributed by atoms with Crippen molar-refractivity contribution in [3.05, 3.63) is 16.5 Å².